The average Bonchev–Trinajstić information content (AvgIpc) is 2.90. The number of ether oxygens (including phenoxy) is 4. The summed E-state index contributed by atoms with van der Waals surface area (Å²) in [6.07, 6.45) is 2.78. The Hall–Kier alpha value is -4.86. The minimum Gasteiger partial charge on any atom is -0.495 e. The molecule has 1 amide bonds. The van der Waals surface area contributed by atoms with Gasteiger partial charge < -0.3 is 24.3 Å². The van der Waals surface area contributed by atoms with Crippen molar-refractivity contribution in [1.29, 1.82) is 0 Å². The Morgan fingerprint density at radius 3 is 1.94 bits per heavy atom. The number of methoxy groups -OCH3 is 4. The van der Waals surface area contributed by atoms with Crippen molar-refractivity contribution in [3.05, 3.63) is 87.5 Å². The Bertz CT molecular complexity index is 1290. The first-order valence-corrected chi connectivity index (χ1v) is 10.6. The molecule has 186 valence electrons. The van der Waals surface area contributed by atoms with Crippen LogP contribution in [0.3, 0.4) is 0 Å². The second-order valence-electron chi connectivity index (χ2n) is 7.33. The van der Waals surface area contributed by atoms with E-state index in [0.717, 1.165) is 0 Å². The minimum absolute atomic E-state index is 0.0464. The Morgan fingerprint density at radius 2 is 1.42 bits per heavy atom. The monoisotopic (exact) mass is 492 g/mol. The normalized spacial score (nSPS) is 10.6. The van der Waals surface area contributed by atoms with Crippen molar-refractivity contribution in [2.45, 2.75) is 0 Å². The lowest BCUT2D eigenvalue weighted by atomic mass is 10.0. The number of nitrogens with one attached hydrogen (secondary N) is 1. The molecule has 3 aromatic rings. The molecule has 1 N–H and O–H groups in total. The van der Waals surface area contributed by atoms with Crippen molar-refractivity contribution in [3.63, 3.8) is 0 Å². The number of carbonyl (C=O) groups is 2. The maximum atomic E-state index is 13.2. The summed E-state index contributed by atoms with van der Waals surface area (Å²) in [4.78, 5) is 36.0. The largest absolute Gasteiger partial charge is 0.495 e. The van der Waals surface area contributed by atoms with Crippen LogP contribution in [0.2, 0.25) is 0 Å². The van der Waals surface area contributed by atoms with Crippen LogP contribution in [0.5, 0.6) is 23.0 Å². The highest BCUT2D eigenvalue weighted by atomic mass is 16.6. The van der Waals surface area contributed by atoms with Gasteiger partial charge in [-0.3, -0.25) is 19.7 Å². The summed E-state index contributed by atoms with van der Waals surface area (Å²) in [5, 5.41) is 13.5. The number of hydrogen-bond donors (Lipinski definition) is 1. The summed E-state index contributed by atoms with van der Waals surface area (Å²) in [5.41, 5.74) is 1.43. The Kier molecular flexibility index (Phi) is 8.24. The molecule has 0 saturated heterocycles. The van der Waals surface area contributed by atoms with Crippen LogP contribution in [0.25, 0.3) is 6.08 Å². The molecule has 0 aliphatic rings. The van der Waals surface area contributed by atoms with Gasteiger partial charge in [-0.2, -0.15) is 0 Å². The molecule has 0 aromatic heterocycles. The van der Waals surface area contributed by atoms with Crippen molar-refractivity contribution in [2.75, 3.05) is 33.8 Å². The SMILES string of the molecule is COc1ccc(C(=O)c2cc(OC)c(OC)c(OC)c2)cc1NC(=O)/C=C/c1ccc([N+](=O)[O-])cc1. The van der Waals surface area contributed by atoms with E-state index in [4.69, 9.17) is 18.9 Å². The molecule has 0 spiro atoms. The van der Waals surface area contributed by atoms with E-state index in [1.807, 2.05) is 0 Å². The molecule has 36 heavy (non-hydrogen) atoms. The number of nitro groups is 1. The van der Waals surface area contributed by atoms with Gasteiger partial charge in [-0.05, 0) is 54.1 Å². The van der Waals surface area contributed by atoms with Crippen molar-refractivity contribution in [3.8, 4) is 23.0 Å². The zero-order valence-corrected chi connectivity index (χ0v) is 20.1. The summed E-state index contributed by atoms with van der Waals surface area (Å²) in [6, 6.07) is 13.5. The zero-order valence-electron chi connectivity index (χ0n) is 20.1. The van der Waals surface area contributed by atoms with Gasteiger partial charge in [0.25, 0.3) is 5.69 Å². The minimum atomic E-state index is -0.501. The molecule has 0 bridgehead atoms. The molecule has 0 aliphatic heterocycles. The van der Waals surface area contributed by atoms with Crippen molar-refractivity contribution < 1.29 is 33.5 Å². The van der Waals surface area contributed by atoms with E-state index < -0.39 is 10.8 Å². The molecular weight excluding hydrogens is 468 g/mol. The Morgan fingerprint density at radius 1 is 0.806 bits per heavy atom. The first-order chi connectivity index (χ1) is 17.3. The lowest BCUT2D eigenvalue weighted by molar-refractivity contribution is -0.384. The summed E-state index contributed by atoms with van der Waals surface area (Å²) in [6.45, 7) is 0. The predicted octanol–water partition coefficient (Wildman–Crippen LogP) is 4.51. The van der Waals surface area contributed by atoms with Crippen molar-refractivity contribution >= 4 is 29.1 Å². The number of benzene rings is 3. The third-order valence-electron chi connectivity index (χ3n) is 5.18. The summed E-state index contributed by atoms with van der Waals surface area (Å²) in [7, 11) is 5.82. The highest BCUT2D eigenvalue weighted by molar-refractivity contribution is 6.11. The first-order valence-electron chi connectivity index (χ1n) is 10.6. The summed E-state index contributed by atoms with van der Waals surface area (Å²) in [5.74, 6) is 0.558. The van der Waals surface area contributed by atoms with Crippen LogP contribution >= 0.6 is 0 Å². The van der Waals surface area contributed by atoms with Gasteiger partial charge in [-0.25, -0.2) is 0 Å². The van der Waals surface area contributed by atoms with Crippen LogP contribution < -0.4 is 24.3 Å². The van der Waals surface area contributed by atoms with Gasteiger partial charge in [0, 0.05) is 29.3 Å². The number of nitro benzene ring substituents is 1. The lowest BCUT2D eigenvalue weighted by Crippen LogP contribution is -2.11. The Labute approximate surface area is 207 Å². The van der Waals surface area contributed by atoms with Crippen LogP contribution in [0.1, 0.15) is 21.5 Å². The van der Waals surface area contributed by atoms with Gasteiger partial charge in [0.05, 0.1) is 39.0 Å². The first kappa shape index (κ1) is 25.8. The number of rotatable bonds is 10. The molecule has 0 aliphatic carbocycles. The predicted molar refractivity (Wildman–Crippen MR) is 133 cm³/mol. The molecule has 0 unspecified atom stereocenters. The Balaban J connectivity index is 1.85. The third kappa shape index (κ3) is 5.79. The molecule has 10 nitrogen and oxygen atoms in total. The quantitative estimate of drug-likeness (QED) is 0.190. The van der Waals surface area contributed by atoms with E-state index >= 15 is 0 Å². The van der Waals surface area contributed by atoms with Crippen molar-refractivity contribution in [1.82, 2.24) is 0 Å². The topological polar surface area (TPSA) is 126 Å². The molecule has 0 saturated carbocycles. The number of hydrogen-bond acceptors (Lipinski definition) is 8. The van der Waals surface area contributed by atoms with E-state index in [1.54, 1.807) is 24.3 Å². The van der Waals surface area contributed by atoms with Crippen molar-refractivity contribution in [2.24, 2.45) is 0 Å². The van der Waals surface area contributed by atoms with Crippen LogP contribution in [0.15, 0.2) is 60.7 Å². The molecule has 0 radical (unpaired) electrons. The van der Waals surface area contributed by atoms with Crippen LogP contribution in [0.4, 0.5) is 11.4 Å². The second kappa shape index (κ2) is 11.5. The maximum Gasteiger partial charge on any atom is 0.269 e. The van der Waals surface area contributed by atoms with Gasteiger partial charge in [0.15, 0.2) is 17.3 Å². The molecule has 0 fully saturated rings. The zero-order chi connectivity index (χ0) is 26.2. The van der Waals surface area contributed by atoms with Gasteiger partial charge in [-0.1, -0.05) is 0 Å². The number of anilines is 1. The molecule has 0 heterocycles. The number of nitrogens with zero attached hydrogens (tertiary/aromatic N) is 1. The molecule has 10 heteroatoms. The maximum absolute atomic E-state index is 13.2. The summed E-state index contributed by atoms with van der Waals surface area (Å²) < 4.78 is 21.3. The standard InChI is InChI=1S/C26H24N2O8/c1-33-21-11-8-17(25(30)18-14-22(34-2)26(36-4)23(15-18)35-3)13-20(21)27-24(29)12-7-16-5-9-19(10-6-16)28(31)32/h5-15H,1-4H3,(H,27,29)/b12-7+. The van der Waals surface area contributed by atoms with E-state index in [1.165, 1.54) is 70.9 Å². The number of carbonyl (C=O) groups excluding carboxylic acids is 2. The highest BCUT2D eigenvalue weighted by Gasteiger charge is 2.19. The lowest BCUT2D eigenvalue weighted by Gasteiger charge is -2.14. The fourth-order valence-electron chi connectivity index (χ4n) is 3.38. The van der Waals surface area contributed by atoms with Gasteiger partial charge in [0.2, 0.25) is 11.7 Å². The van der Waals surface area contributed by atoms with Crippen LogP contribution in [-0.4, -0.2) is 45.1 Å². The average molecular weight is 492 g/mol. The van der Waals surface area contributed by atoms with Crippen LogP contribution in [0, 0.1) is 10.1 Å². The smallest absolute Gasteiger partial charge is 0.269 e. The fraction of sp³-hybridized carbons (Fsp3) is 0.154. The second-order valence-corrected chi connectivity index (χ2v) is 7.33. The fourth-order valence-corrected chi connectivity index (χ4v) is 3.38. The van der Waals surface area contributed by atoms with E-state index in [0.29, 0.717) is 39.7 Å². The van der Waals surface area contributed by atoms with E-state index in [9.17, 15) is 19.7 Å². The molecular formula is C26H24N2O8. The number of amides is 1. The molecule has 3 aromatic carbocycles. The van der Waals surface area contributed by atoms with E-state index in [2.05, 4.69) is 5.32 Å². The number of non-ortho nitro benzene ring substituents is 1. The molecule has 3 rings (SSSR count). The highest BCUT2D eigenvalue weighted by Crippen LogP contribution is 2.39. The van der Waals surface area contributed by atoms with Gasteiger partial charge in [-0.15, -0.1) is 0 Å². The van der Waals surface area contributed by atoms with Crippen LogP contribution in [-0.2, 0) is 4.79 Å². The summed E-state index contributed by atoms with van der Waals surface area (Å²) >= 11 is 0. The molecule has 0 atom stereocenters. The van der Waals surface area contributed by atoms with E-state index in [-0.39, 0.29) is 17.2 Å². The van der Waals surface area contributed by atoms with Gasteiger partial charge >= 0.3 is 0 Å². The number of ketones is 1. The third-order valence-corrected chi connectivity index (χ3v) is 5.18. The van der Waals surface area contributed by atoms with Gasteiger partial charge in [0.1, 0.15) is 5.75 Å².